The molecule has 0 bridgehead atoms. The molecule has 1 unspecified atom stereocenters. The van der Waals surface area contributed by atoms with Gasteiger partial charge < -0.3 is 14.4 Å². The Bertz CT molecular complexity index is 855. The van der Waals surface area contributed by atoms with E-state index < -0.39 is 5.72 Å². The number of fused-ring (bicyclic) bond motifs is 2. The summed E-state index contributed by atoms with van der Waals surface area (Å²) in [7, 11) is 1.70. The summed E-state index contributed by atoms with van der Waals surface area (Å²) in [5.41, 5.74) is 2.94. The first-order chi connectivity index (χ1) is 12.5. The van der Waals surface area contributed by atoms with Crippen LogP contribution in [-0.4, -0.2) is 19.4 Å². The van der Waals surface area contributed by atoms with Gasteiger partial charge in [-0.3, -0.25) is 0 Å². The van der Waals surface area contributed by atoms with Crippen molar-refractivity contribution in [1.29, 1.82) is 0 Å². The number of hydrogen-bond acceptors (Lipinski definition) is 3. The third kappa shape index (κ3) is 2.19. The highest BCUT2D eigenvalue weighted by Gasteiger charge is 2.58. The van der Waals surface area contributed by atoms with Crippen molar-refractivity contribution >= 4 is 11.8 Å². The molecule has 2 heterocycles. The molecule has 3 nitrogen and oxygen atoms in total. The van der Waals surface area contributed by atoms with Crippen molar-refractivity contribution in [1.82, 2.24) is 0 Å². The fourth-order valence-corrected chi connectivity index (χ4v) is 4.36. The highest BCUT2D eigenvalue weighted by Crippen LogP contribution is 2.55. The van der Waals surface area contributed by atoms with Crippen LogP contribution in [0.5, 0.6) is 11.5 Å². The Morgan fingerprint density at radius 2 is 1.88 bits per heavy atom. The summed E-state index contributed by atoms with van der Waals surface area (Å²) in [5.74, 6) is 1.62. The van der Waals surface area contributed by atoms with Crippen LogP contribution < -0.4 is 14.4 Å². The van der Waals surface area contributed by atoms with Crippen molar-refractivity contribution in [2.45, 2.75) is 44.8 Å². The van der Waals surface area contributed by atoms with Crippen molar-refractivity contribution in [2.75, 3.05) is 18.6 Å². The number of para-hydroxylation sites is 2. The van der Waals surface area contributed by atoms with Gasteiger partial charge in [0.05, 0.1) is 12.5 Å². The molecule has 4 rings (SSSR count). The van der Waals surface area contributed by atoms with Crippen molar-refractivity contribution in [3.8, 4) is 11.5 Å². The van der Waals surface area contributed by atoms with Gasteiger partial charge in [0.1, 0.15) is 0 Å². The lowest BCUT2D eigenvalue weighted by Crippen LogP contribution is -2.59. The SMILES string of the molecule is CCCCN1c2ccccc2C(C)(C)C12C=Cc1cccc(OC)c1O2. The van der Waals surface area contributed by atoms with E-state index in [0.717, 1.165) is 36.4 Å². The first kappa shape index (κ1) is 17.0. The molecule has 2 aliphatic heterocycles. The van der Waals surface area contributed by atoms with Crippen molar-refractivity contribution < 1.29 is 9.47 Å². The molecule has 3 heteroatoms. The van der Waals surface area contributed by atoms with Crippen LogP contribution in [0.15, 0.2) is 48.5 Å². The quantitative estimate of drug-likeness (QED) is 0.738. The molecular formula is C23H27NO2. The van der Waals surface area contributed by atoms with Crippen LogP contribution in [0.2, 0.25) is 0 Å². The zero-order valence-corrected chi connectivity index (χ0v) is 16.1. The highest BCUT2D eigenvalue weighted by atomic mass is 16.5. The normalized spacial score (nSPS) is 22.1. The Kier molecular flexibility index (Phi) is 3.98. The van der Waals surface area contributed by atoms with Gasteiger partial charge in [0.25, 0.3) is 0 Å². The predicted octanol–water partition coefficient (Wildman–Crippen LogP) is 5.40. The monoisotopic (exact) mass is 349 g/mol. The first-order valence-electron chi connectivity index (χ1n) is 9.47. The molecule has 0 amide bonds. The molecule has 0 saturated heterocycles. The molecule has 2 aliphatic rings. The Hall–Kier alpha value is -2.42. The summed E-state index contributed by atoms with van der Waals surface area (Å²) in [5, 5.41) is 0. The Balaban J connectivity index is 1.89. The van der Waals surface area contributed by atoms with Crippen LogP contribution in [-0.2, 0) is 5.41 Å². The molecule has 2 aromatic rings. The molecule has 26 heavy (non-hydrogen) atoms. The molecule has 2 aromatic carbocycles. The molecular weight excluding hydrogens is 322 g/mol. The fraction of sp³-hybridized carbons (Fsp3) is 0.391. The maximum absolute atomic E-state index is 6.82. The topological polar surface area (TPSA) is 21.7 Å². The molecule has 0 aromatic heterocycles. The van der Waals surface area contributed by atoms with E-state index in [1.807, 2.05) is 12.1 Å². The minimum atomic E-state index is -0.548. The highest BCUT2D eigenvalue weighted by molar-refractivity contribution is 5.73. The Labute approximate surface area is 156 Å². The summed E-state index contributed by atoms with van der Waals surface area (Å²) in [6, 6.07) is 14.7. The second kappa shape index (κ2) is 6.08. The summed E-state index contributed by atoms with van der Waals surface area (Å²) in [6.45, 7) is 7.76. The number of unbranched alkanes of at least 4 members (excludes halogenated alkanes) is 1. The second-order valence-electron chi connectivity index (χ2n) is 7.66. The smallest absolute Gasteiger partial charge is 0.212 e. The number of benzene rings is 2. The van der Waals surface area contributed by atoms with E-state index in [1.54, 1.807) is 7.11 Å². The van der Waals surface area contributed by atoms with Crippen molar-refractivity contribution in [3.05, 3.63) is 59.7 Å². The van der Waals surface area contributed by atoms with Gasteiger partial charge in [-0.05, 0) is 50.1 Å². The summed E-state index contributed by atoms with van der Waals surface area (Å²) >= 11 is 0. The van der Waals surface area contributed by atoms with Crippen molar-refractivity contribution in [2.24, 2.45) is 0 Å². The van der Waals surface area contributed by atoms with Gasteiger partial charge in [-0.15, -0.1) is 0 Å². The lowest BCUT2D eigenvalue weighted by atomic mass is 9.76. The van der Waals surface area contributed by atoms with Gasteiger partial charge in [-0.25, -0.2) is 0 Å². The van der Waals surface area contributed by atoms with Crippen LogP contribution in [0.4, 0.5) is 5.69 Å². The van der Waals surface area contributed by atoms with E-state index >= 15 is 0 Å². The van der Waals surface area contributed by atoms with Crippen molar-refractivity contribution in [3.63, 3.8) is 0 Å². The summed E-state index contributed by atoms with van der Waals surface area (Å²) < 4.78 is 12.4. The minimum Gasteiger partial charge on any atom is -0.493 e. The number of methoxy groups -OCH3 is 1. The van der Waals surface area contributed by atoms with Gasteiger partial charge in [0, 0.05) is 17.8 Å². The average molecular weight is 349 g/mol. The third-order valence-corrected chi connectivity index (χ3v) is 5.88. The first-order valence-corrected chi connectivity index (χ1v) is 9.47. The second-order valence-corrected chi connectivity index (χ2v) is 7.66. The fourth-order valence-electron chi connectivity index (χ4n) is 4.36. The molecule has 1 atom stereocenters. The van der Waals surface area contributed by atoms with Gasteiger partial charge >= 0.3 is 0 Å². The molecule has 0 fully saturated rings. The predicted molar refractivity (Wildman–Crippen MR) is 107 cm³/mol. The maximum atomic E-state index is 6.82. The molecule has 136 valence electrons. The maximum Gasteiger partial charge on any atom is 0.212 e. The average Bonchev–Trinajstić information content (AvgIpc) is 2.84. The number of nitrogens with zero attached hydrogens (tertiary/aromatic N) is 1. The van der Waals surface area contributed by atoms with E-state index in [0.29, 0.717) is 0 Å². The molecule has 1 spiro atoms. The van der Waals surface area contributed by atoms with Gasteiger partial charge in [-0.1, -0.05) is 43.7 Å². The number of rotatable bonds is 4. The number of ether oxygens (including phenoxy) is 2. The lowest BCUT2D eigenvalue weighted by Gasteiger charge is -2.47. The van der Waals surface area contributed by atoms with Gasteiger partial charge in [-0.2, -0.15) is 0 Å². The van der Waals surface area contributed by atoms with Crippen LogP contribution in [0.1, 0.15) is 44.7 Å². The molecule has 0 N–H and O–H groups in total. The van der Waals surface area contributed by atoms with E-state index in [-0.39, 0.29) is 5.41 Å². The summed E-state index contributed by atoms with van der Waals surface area (Å²) in [6.07, 6.45) is 6.71. The third-order valence-electron chi connectivity index (χ3n) is 5.88. The van der Waals surface area contributed by atoms with Crippen LogP contribution in [0.3, 0.4) is 0 Å². The van der Waals surface area contributed by atoms with Crippen LogP contribution >= 0.6 is 0 Å². The Morgan fingerprint density at radius 3 is 2.65 bits per heavy atom. The zero-order valence-electron chi connectivity index (χ0n) is 16.1. The molecule has 0 aliphatic carbocycles. The largest absolute Gasteiger partial charge is 0.493 e. The Morgan fingerprint density at radius 1 is 1.08 bits per heavy atom. The number of hydrogen-bond donors (Lipinski definition) is 0. The number of anilines is 1. The minimum absolute atomic E-state index is 0.188. The molecule has 0 radical (unpaired) electrons. The van der Waals surface area contributed by atoms with Gasteiger partial charge in [0.2, 0.25) is 5.72 Å². The van der Waals surface area contributed by atoms with E-state index in [4.69, 9.17) is 9.47 Å². The lowest BCUT2D eigenvalue weighted by molar-refractivity contribution is 0.0504. The van der Waals surface area contributed by atoms with E-state index in [2.05, 4.69) is 68.2 Å². The standard InChI is InChI=1S/C23H27NO2/c1-5-6-16-24-19-12-8-7-11-18(19)22(2,3)23(24)15-14-17-10-9-13-20(25-4)21(17)26-23/h7-15H,5-6,16H2,1-4H3. The molecule has 0 saturated carbocycles. The van der Waals surface area contributed by atoms with Crippen LogP contribution in [0, 0.1) is 0 Å². The van der Waals surface area contributed by atoms with E-state index in [9.17, 15) is 0 Å². The summed E-state index contributed by atoms with van der Waals surface area (Å²) in [4.78, 5) is 2.44. The van der Waals surface area contributed by atoms with E-state index in [1.165, 1.54) is 11.3 Å². The van der Waals surface area contributed by atoms with Gasteiger partial charge in [0.15, 0.2) is 11.5 Å². The van der Waals surface area contributed by atoms with Crippen LogP contribution in [0.25, 0.3) is 6.08 Å². The zero-order chi connectivity index (χ0) is 18.4.